The van der Waals surface area contributed by atoms with Gasteiger partial charge in [-0.05, 0) is 6.07 Å². The van der Waals surface area contributed by atoms with E-state index in [2.05, 4.69) is 9.84 Å². The van der Waals surface area contributed by atoms with Gasteiger partial charge in [0, 0.05) is 6.07 Å². The first-order valence-corrected chi connectivity index (χ1v) is 4.32. The standard InChI is InChI=1S/C8H7F3N2O4/c9-8(10,11)17-4-3-13-6(14)2-1-5(12-13)7(15)16/h1-2H,3-4H2,(H,15,16). The van der Waals surface area contributed by atoms with E-state index in [4.69, 9.17) is 5.11 Å². The number of carboxylic acids is 1. The molecule has 94 valence electrons. The van der Waals surface area contributed by atoms with Crippen molar-refractivity contribution in [2.75, 3.05) is 6.61 Å². The van der Waals surface area contributed by atoms with Gasteiger partial charge >= 0.3 is 12.3 Å². The van der Waals surface area contributed by atoms with Crippen molar-refractivity contribution in [1.82, 2.24) is 9.78 Å². The molecule has 0 saturated carbocycles. The molecule has 0 bridgehead atoms. The summed E-state index contributed by atoms with van der Waals surface area (Å²) in [4.78, 5) is 21.6. The number of alkyl halides is 3. The van der Waals surface area contributed by atoms with Crippen LogP contribution in [0.15, 0.2) is 16.9 Å². The maximum absolute atomic E-state index is 11.6. The molecule has 1 rings (SSSR count). The second kappa shape index (κ2) is 4.95. The molecule has 1 N–H and O–H groups in total. The predicted molar refractivity (Wildman–Crippen MR) is 47.5 cm³/mol. The summed E-state index contributed by atoms with van der Waals surface area (Å²) in [5.41, 5.74) is -1.14. The average Bonchev–Trinajstić information content (AvgIpc) is 2.18. The molecule has 1 aromatic heterocycles. The van der Waals surface area contributed by atoms with Gasteiger partial charge in [-0.25, -0.2) is 9.48 Å². The molecule has 9 heteroatoms. The van der Waals surface area contributed by atoms with Crippen molar-refractivity contribution in [2.45, 2.75) is 12.9 Å². The van der Waals surface area contributed by atoms with Crippen LogP contribution >= 0.6 is 0 Å². The maximum Gasteiger partial charge on any atom is 0.522 e. The Morgan fingerprint density at radius 3 is 2.65 bits per heavy atom. The molecule has 0 amide bonds. The minimum Gasteiger partial charge on any atom is -0.476 e. The zero-order valence-electron chi connectivity index (χ0n) is 8.27. The highest BCUT2D eigenvalue weighted by molar-refractivity contribution is 5.84. The van der Waals surface area contributed by atoms with E-state index in [1.54, 1.807) is 0 Å². The predicted octanol–water partition coefficient (Wildman–Crippen LogP) is 0.478. The van der Waals surface area contributed by atoms with Crippen LogP contribution in [0.1, 0.15) is 10.5 Å². The van der Waals surface area contributed by atoms with E-state index >= 15 is 0 Å². The topological polar surface area (TPSA) is 81.4 Å². The minimum atomic E-state index is -4.80. The van der Waals surface area contributed by atoms with Crippen LogP contribution in [0, 0.1) is 0 Å². The summed E-state index contributed by atoms with van der Waals surface area (Å²) in [5, 5.41) is 11.9. The monoisotopic (exact) mass is 252 g/mol. The molecule has 0 unspecified atom stereocenters. The van der Waals surface area contributed by atoms with E-state index < -0.39 is 36.7 Å². The van der Waals surface area contributed by atoms with Crippen molar-refractivity contribution in [2.24, 2.45) is 0 Å². The fourth-order valence-corrected chi connectivity index (χ4v) is 0.971. The van der Waals surface area contributed by atoms with Gasteiger partial charge in [0.2, 0.25) is 0 Å². The average molecular weight is 252 g/mol. The number of rotatable bonds is 4. The smallest absolute Gasteiger partial charge is 0.476 e. The summed E-state index contributed by atoms with van der Waals surface area (Å²) in [5.74, 6) is -1.38. The quantitative estimate of drug-likeness (QED) is 0.842. The zero-order valence-corrected chi connectivity index (χ0v) is 8.27. The summed E-state index contributed by atoms with van der Waals surface area (Å²) in [7, 11) is 0. The van der Waals surface area contributed by atoms with Gasteiger partial charge < -0.3 is 5.11 Å². The number of aromatic nitrogens is 2. The number of ether oxygens (including phenoxy) is 1. The molecular weight excluding hydrogens is 245 g/mol. The van der Waals surface area contributed by atoms with Crippen LogP contribution in [0.4, 0.5) is 13.2 Å². The van der Waals surface area contributed by atoms with Crippen molar-refractivity contribution >= 4 is 5.97 Å². The molecule has 0 aromatic carbocycles. The van der Waals surface area contributed by atoms with Crippen LogP contribution in [-0.2, 0) is 11.3 Å². The third-order valence-corrected chi connectivity index (χ3v) is 1.65. The molecule has 1 heterocycles. The van der Waals surface area contributed by atoms with Crippen LogP contribution in [0.2, 0.25) is 0 Å². The SMILES string of the molecule is O=C(O)c1ccc(=O)n(CCOC(F)(F)F)n1. The van der Waals surface area contributed by atoms with Crippen molar-refractivity contribution in [3.05, 3.63) is 28.2 Å². The van der Waals surface area contributed by atoms with Crippen molar-refractivity contribution in [3.63, 3.8) is 0 Å². The number of halogens is 3. The van der Waals surface area contributed by atoms with Gasteiger partial charge in [0.05, 0.1) is 13.2 Å². The Balaban J connectivity index is 2.74. The molecule has 0 spiro atoms. The van der Waals surface area contributed by atoms with Gasteiger partial charge in [0.25, 0.3) is 5.56 Å². The van der Waals surface area contributed by atoms with Crippen LogP contribution in [0.3, 0.4) is 0 Å². The number of aromatic carboxylic acids is 1. The lowest BCUT2D eigenvalue weighted by molar-refractivity contribution is -0.325. The molecule has 6 nitrogen and oxygen atoms in total. The van der Waals surface area contributed by atoms with Gasteiger partial charge in [-0.3, -0.25) is 9.53 Å². The van der Waals surface area contributed by atoms with E-state index in [0.29, 0.717) is 4.68 Å². The highest BCUT2D eigenvalue weighted by atomic mass is 19.4. The van der Waals surface area contributed by atoms with Crippen molar-refractivity contribution in [3.8, 4) is 0 Å². The van der Waals surface area contributed by atoms with Gasteiger partial charge in [0.1, 0.15) is 0 Å². The third kappa shape index (κ3) is 4.23. The highest BCUT2D eigenvalue weighted by Gasteiger charge is 2.28. The van der Waals surface area contributed by atoms with E-state index in [1.165, 1.54) is 0 Å². The van der Waals surface area contributed by atoms with Crippen LogP contribution in [0.25, 0.3) is 0 Å². The number of hydrogen-bond acceptors (Lipinski definition) is 4. The Morgan fingerprint density at radius 1 is 1.47 bits per heavy atom. The van der Waals surface area contributed by atoms with Crippen LogP contribution in [-0.4, -0.2) is 33.8 Å². The minimum absolute atomic E-state index is 0.434. The molecule has 0 fully saturated rings. The van der Waals surface area contributed by atoms with Crippen molar-refractivity contribution < 1.29 is 27.8 Å². The summed E-state index contributed by atoms with van der Waals surface area (Å²) in [6, 6.07) is 1.87. The first-order chi connectivity index (χ1) is 7.79. The maximum atomic E-state index is 11.6. The van der Waals surface area contributed by atoms with Gasteiger partial charge in [-0.15, -0.1) is 13.2 Å². The van der Waals surface area contributed by atoms with Gasteiger partial charge in [-0.1, -0.05) is 0 Å². The van der Waals surface area contributed by atoms with E-state index in [9.17, 15) is 22.8 Å². The Labute approximate surface area is 92.2 Å². The zero-order chi connectivity index (χ0) is 13.1. The first-order valence-electron chi connectivity index (χ1n) is 4.32. The summed E-state index contributed by atoms with van der Waals surface area (Å²) < 4.78 is 39.0. The number of hydrogen-bond donors (Lipinski definition) is 1. The molecular formula is C8H7F3N2O4. The molecule has 0 aliphatic heterocycles. The number of nitrogens with zero attached hydrogens (tertiary/aromatic N) is 2. The molecule has 1 aromatic rings. The lowest BCUT2D eigenvalue weighted by atomic mass is 10.4. The van der Waals surface area contributed by atoms with Gasteiger partial charge in [0.15, 0.2) is 5.69 Å². The molecule has 0 atom stereocenters. The third-order valence-electron chi connectivity index (χ3n) is 1.65. The summed E-state index contributed by atoms with van der Waals surface area (Å²) >= 11 is 0. The second-order valence-corrected chi connectivity index (χ2v) is 2.88. The molecule has 0 aliphatic carbocycles. The van der Waals surface area contributed by atoms with Gasteiger partial charge in [-0.2, -0.15) is 5.10 Å². The number of carboxylic acid groups (broad SMARTS) is 1. The largest absolute Gasteiger partial charge is 0.522 e. The van der Waals surface area contributed by atoms with E-state index in [-0.39, 0.29) is 0 Å². The van der Waals surface area contributed by atoms with E-state index in [0.717, 1.165) is 12.1 Å². The highest BCUT2D eigenvalue weighted by Crippen LogP contribution is 2.15. The second-order valence-electron chi connectivity index (χ2n) is 2.88. The summed E-state index contributed by atoms with van der Waals surface area (Å²) in [6.07, 6.45) is -4.80. The van der Waals surface area contributed by atoms with Crippen LogP contribution in [0.5, 0.6) is 0 Å². The molecule has 0 saturated heterocycles. The molecule has 17 heavy (non-hydrogen) atoms. The summed E-state index contributed by atoms with van der Waals surface area (Å²) in [6.45, 7) is -1.31. The lowest BCUT2D eigenvalue weighted by Crippen LogP contribution is -2.27. The lowest BCUT2D eigenvalue weighted by Gasteiger charge is -2.08. The Bertz CT molecular complexity index is 469. The fourth-order valence-electron chi connectivity index (χ4n) is 0.971. The van der Waals surface area contributed by atoms with Crippen molar-refractivity contribution in [1.29, 1.82) is 0 Å². The molecule has 0 aliphatic rings. The Hall–Kier alpha value is -1.90. The first kappa shape index (κ1) is 13.2. The van der Waals surface area contributed by atoms with Crippen LogP contribution < -0.4 is 5.56 Å². The fraction of sp³-hybridized carbons (Fsp3) is 0.375. The Kier molecular flexibility index (Phi) is 3.84. The normalized spacial score (nSPS) is 11.5. The Morgan fingerprint density at radius 2 is 2.12 bits per heavy atom. The number of carbonyl (C=O) groups is 1. The molecule has 0 radical (unpaired) electrons. The van der Waals surface area contributed by atoms with E-state index in [1.807, 2.05) is 0 Å².